The summed E-state index contributed by atoms with van der Waals surface area (Å²) in [5, 5.41) is 0.511. The summed E-state index contributed by atoms with van der Waals surface area (Å²) in [4.78, 5) is 0. The van der Waals surface area contributed by atoms with E-state index in [4.69, 9.17) is 10.2 Å². The minimum Gasteiger partial charge on any atom is -0.459 e. The van der Waals surface area contributed by atoms with E-state index in [2.05, 4.69) is 0 Å². The highest BCUT2D eigenvalue weighted by Crippen LogP contribution is 2.27. The van der Waals surface area contributed by atoms with E-state index < -0.39 is 0 Å². The van der Waals surface area contributed by atoms with Crippen LogP contribution in [0.3, 0.4) is 0 Å². The first-order chi connectivity index (χ1) is 6.59. The van der Waals surface area contributed by atoms with E-state index in [0.717, 1.165) is 5.56 Å². The lowest BCUT2D eigenvalue weighted by molar-refractivity contribution is 0.511. The molecule has 0 aliphatic heterocycles. The van der Waals surface area contributed by atoms with Gasteiger partial charge in [0.2, 0.25) is 0 Å². The average Bonchev–Trinajstić information content (AvgIpc) is 2.57. The Morgan fingerprint density at radius 1 is 1.43 bits per heavy atom. The molecule has 74 valence electrons. The summed E-state index contributed by atoms with van der Waals surface area (Å²) in [7, 11) is 0. The Bertz CT molecular complexity index is 434. The molecule has 1 aromatic heterocycles. The van der Waals surface area contributed by atoms with Gasteiger partial charge in [0.05, 0.1) is 11.4 Å². The smallest absolute Gasteiger partial charge is 0.140 e. The lowest BCUT2D eigenvalue weighted by Gasteiger charge is -1.97. The fourth-order valence-corrected chi connectivity index (χ4v) is 1.47. The number of aryl methyl sites for hydroxylation is 1. The number of halogens is 1. The van der Waals surface area contributed by atoms with Crippen LogP contribution in [0.1, 0.15) is 24.3 Å². The summed E-state index contributed by atoms with van der Waals surface area (Å²) in [5.41, 5.74) is 7.18. The molecule has 2 aromatic rings. The third-order valence-electron chi connectivity index (χ3n) is 2.30. The molecule has 2 nitrogen and oxygen atoms in total. The van der Waals surface area contributed by atoms with Gasteiger partial charge in [0.15, 0.2) is 0 Å². The van der Waals surface area contributed by atoms with E-state index in [1.807, 2.05) is 13.8 Å². The summed E-state index contributed by atoms with van der Waals surface area (Å²) < 4.78 is 18.8. The molecular formula is C11H12FNO. The highest BCUT2D eigenvalue weighted by Gasteiger charge is 2.12. The van der Waals surface area contributed by atoms with E-state index >= 15 is 0 Å². The monoisotopic (exact) mass is 193 g/mol. The van der Waals surface area contributed by atoms with Crippen LogP contribution in [0.15, 0.2) is 22.6 Å². The van der Waals surface area contributed by atoms with Crippen LogP contribution in [0.25, 0.3) is 11.0 Å². The summed E-state index contributed by atoms with van der Waals surface area (Å²) in [6.45, 7) is 3.70. The molecule has 3 heteroatoms. The van der Waals surface area contributed by atoms with Crippen molar-refractivity contribution in [3.8, 4) is 0 Å². The van der Waals surface area contributed by atoms with Gasteiger partial charge in [-0.15, -0.1) is 0 Å². The predicted octanol–water partition coefficient (Wildman–Crippen LogP) is 2.90. The molecule has 0 fully saturated rings. The van der Waals surface area contributed by atoms with Crippen LogP contribution in [0.2, 0.25) is 0 Å². The van der Waals surface area contributed by atoms with Gasteiger partial charge in [-0.05, 0) is 31.5 Å². The molecule has 1 heterocycles. The number of fused-ring (bicyclic) bond motifs is 1. The standard InChI is InChI=1S/C11H12FNO/c1-6-3-4-9(12)8-5-10(7(2)13)14-11(6)8/h3-5,7H,13H2,1-2H3. The van der Waals surface area contributed by atoms with E-state index in [0.29, 0.717) is 16.7 Å². The number of nitrogens with two attached hydrogens (primary N) is 1. The highest BCUT2D eigenvalue weighted by molar-refractivity contribution is 5.81. The summed E-state index contributed by atoms with van der Waals surface area (Å²) in [6, 6.07) is 4.60. The molecule has 0 bridgehead atoms. The van der Waals surface area contributed by atoms with E-state index in [9.17, 15) is 4.39 Å². The molecule has 0 saturated heterocycles. The third-order valence-corrected chi connectivity index (χ3v) is 2.30. The Morgan fingerprint density at radius 2 is 2.14 bits per heavy atom. The van der Waals surface area contributed by atoms with Crippen LogP contribution in [0.4, 0.5) is 4.39 Å². The summed E-state index contributed by atoms with van der Waals surface area (Å²) in [6.07, 6.45) is 0. The van der Waals surface area contributed by atoms with Crippen molar-refractivity contribution in [3.63, 3.8) is 0 Å². The van der Waals surface area contributed by atoms with Gasteiger partial charge in [0.1, 0.15) is 17.2 Å². The van der Waals surface area contributed by atoms with Gasteiger partial charge in [-0.3, -0.25) is 0 Å². The fraction of sp³-hybridized carbons (Fsp3) is 0.273. The zero-order valence-corrected chi connectivity index (χ0v) is 8.17. The zero-order chi connectivity index (χ0) is 10.3. The Kier molecular flexibility index (Phi) is 2.04. The van der Waals surface area contributed by atoms with E-state index in [-0.39, 0.29) is 11.9 Å². The van der Waals surface area contributed by atoms with E-state index in [1.165, 1.54) is 6.07 Å². The van der Waals surface area contributed by atoms with Gasteiger partial charge in [0, 0.05) is 0 Å². The van der Waals surface area contributed by atoms with Crippen molar-refractivity contribution in [2.45, 2.75) is 19.9 Å². The largest absolute Gasteiger partial charge is 0.459 e. The normalized spacial score (nSPS) is 13.4. The highest BCUT2D eigenvalue weighted by atomic mass is 19.1. The molecule has 0 aliphatic carbocycles. The van der Waals surface area contributed by atoms with Crippen LogP contribution in [-0.2, 0) is 0 Å². The van der Waals surface area contributed by atoms with Gasteiger partial charge in [-0.1, -0.05) is 6.07 Å². The number of rotatable bonds is 1. The lowest BCUT2D eigenvalue weighted by Crippen LogP contribution is -2.02. The lowest BCUT2D eigenvalue weighted by atomic mass is 10.1. The third kappa shape index (κ3) is 1.30. The van der Waals surface area contributed by atoms with Crippen LogP contribution in [0, 0.1) is 12.7 Å². The fourth-order valence-electron chi connectivity index (χ4n) is 1.47. The zero-order valence-electron chi connectivity index (χ0n) is 8.17. The molecule has 0 spiro atoms. The topological polar surface area (TPSA) is 39.2 Å². The molecule has 0 radical (unpaired) electrons. The SMILES string of the molecule is Cc1ccc(F)c2cc(C(C)N)oc12. The maximum Gasteiger partial charge on any atom is 0.140 e. The van der Waals surface area contributed by atoms with Crippen molar-refractivity contribution in [2.24, 2.45) is 5.73 Å². The molecular weight excluding hydrogens is 181 g/mol. The molecule has 2 N–H and O–H groups in total. The number of hydrogen-bond donors (Lipinski definition) is 1. The molecule has 0 saturated carbocycles. The minimum atomic E-state index is -0.263. The Labute approximate surface area is 81.5 Å². The van der Waals surface area contributed by atoms with E-state index in [1.54, 1.807) is 12.1 Å². The van der Waals surface area contributed by atoms with Crippen molar-refractivity contribution >= 4 is 11.0 Å². The van der Waals surface area contributed by atoms with Gasteiger partial charge >= 0.3 is 0 Å². The number of benzene rings is 1. The van der Waals surface area contributed by atoms with Gasteiger partial charge < -0.3 is 10.2 Å². The second-order valence-corrected chi connectivity index (χ2v) is 3.54. The second kappa shape index (κ2) is 3.10. The van der Waals surface area contributed by atoms with Crippen LogP contribution in [0.5, 0.6) is 0 Å². The molecule has 0 aliphatic rings. The number of hydrogen-bond acceptors (Lipinski definition) is 2. The van der Waals surface area contributed by atoms with Crippen molar-refractivity contribution in [1.29, 1.82) is 0 Å². The molecule has 1 unspecified atom stereocenters. The maximum atomic E-state index is 13.3. The van der Waals surface area contributed by atoms with Crippen molar-refractivity contribution in [1.82, 2.24) is 0 Å². The summed E-state index contributed by atoms with van der Waals surface area (Å²) in [5.74, 6) is 0.356. The van der Waals surface area contributed by atoms with Crippen LogP contribution in [-0.4, -0.2) is 0 Å². The molecule has 0 amide bonds. The maximum absolute atomic E-state index is 13.3. The van der Waals surface area contributed by atoms with Gasteiger partial charge in [-0.25, -0.2) is 4.39 Å². The predicted molar refractivity (Wildman–Crippen MR) is 53.5 cm³/mol. The Morgan fingerprint density at radius 3 is 2.71 bits per heavy atom. The quantitative estimate of drug-likeness (QED) is 0.756. The number of furan rings is 1. The van der Waals surface area contributed by atoms with Crippen LogP contribution < -0.4 is 5.73 Å². The minimum absolute atomic E-state index is 0.207. The van der Waals surface area contributed by atoms with Crippen molar-refractivity contribution < 1.29 is 8.81 Å². The Balaban J connectivity index is 2.75. The first kappa shape index (κ1) is 9.21. The molecule has 14 heavy (non-hydrogen) atoms. The van der Waals surface area contributed by atoms with Crippen molar-refractivity contribution in [3.05, 3.63) is 35.3 Å². The Hall–Kier alpha value is -1.35. The van der Waals surface area contributed by atoms with Gasteiger partial charge in [0.25, 0.3) is 0 Å². The van der Waals surface area contributed by atoms with Crippen LogP contribution >= 0.6 is 0 Å². The molecule has 1 atom stereocenters. The molecule has 1 aromatic carbocycles. The van der Waals surface area contributed by atoms with Crippen molar-refractivity contribution in [2.75, 3.05) is 0 Å². The molecule has 2 rings (SSSR count). The summed E-state index contributed by atoms with van der Waals surface area (Å²) >= 11 is 0. The second-order valence-electron chi connectivity index (χ2n) is 3.54. The average molecular weight is 193 g/mol. The first-order valence-corrected chi connectivity index (χ1v) is 4.53. The first-order valence-electron chi connectivity index (χ1n) is 4.53. The van der Waals surface area contributed by atoms with Gasteiger partial charge in [-0.2, -0.15) is 0 Å².